The Kier molecular flexibility index (Phi) is 2.92. The van der Waals surface area contributed by atoms with Gasteiger partial charge in [-0.15, -0.1) is 0 Å². The number of hydrogen-bond acceptors (Lipinski definition) is 0. The lowest BCUT2D eigenvalue weighted by Crippen LogP contribution is -2.14. The fraction of sp³-hybridized carbons (Fsp3) is 0.143. The van der Waals surface area contributed by atoms with Crippen molar-refractivity contribution in [1.29, 1.82) is 0 Å². The first kappa shape index (κ1) is 13.6. The summed E-state index contributed by atoms with van der Waals surface area (Å²) in [6, 6.07) is 23.5. The van der Waals surface area contributed by atoms with Gasteiger partial charge in [0.25, 0.3) is 0 Å². The monoisotopic (exact) mass is 304 g/mol. The van der Waals surface area contributed by atoms with Crippen LogP contribution in [0.1, 0.15) is 25.0 Å². The molecule has 0 amide bonds. The summed E-state index contributed by atoms with van der Waals surface area (Å²) in [5, 5.41) is 0.775. The van der Waals surface area contributed by atoms with Gasteiger partial charge in [-0.05, 0) is 45.5 Å². The van der Waals surface area contributed by atoms with E-state index in [2.05, 4.69) is 68.4 Å². The van der Waals surface area contributed by atoms with E-state index in [1.165, 1.54) is 33.4 Å². The van der Waals surface area contributed by atoms with Gasteiger partial charge in [-0.25, -0.2) is 0 Å². The summed E-state index contributed by atoms with van der Waals surface area (Å²) in [6.45, 7) is 4.62. The molecule has 22 heavy (non-hydrogen) atoms. The summed E-state index contributed by atoms with van der Waals surface area (Å²) >= 11 is 6.04. The molecule has 0 radical (unpaired) electrons. The molecule has 0 N–H and O–H groups in total. The SMILES string of the molecule is CC1(C)c2ccccc2-c2c(-c3ccc(Cl)cc3)cccc21. The minimum atomic E-state index is 0.0500. The first-order chi connectivity index (χ1) is 10.6. The molecule has 0 aromatic heterocycles. The highest BCUT2D eigenvalue weighted by Gasteiger charge is 2.36. The third-order valence-corrected chi connectivity index (χ3v) is 5.01. The van der Waals surface area contributed by atoms with E-state index in [1.807, 2.05) is 12.1 Å². The fourth-order valence-corrected chi connectivity index (χ4v) is 3.75. The van der Waals surface area contributed by atoms with Crippen LogP contribution in [0.25, 0.3) is 22.3 Å². The molecule has 0 unspecified atom stereocenters. The van der Waals surface area contributed by atoms with Crippen LogP contribution in [0, 0.1) is 0 Å². The molecule has 0 bridgehead atoms. The maximum atomic E-state index is 6.04. The molecule has 4 rings (SSSR count). The summed E-state index contributed by atoms with van der Waals surface area (Å²) in [7, 11) is 0. The molecule has 0 nitrogen and oxygen atoms in total. The molecule has 1 heteroatoms. The van der Waals surface area contributed by atoms with E-state index in [-0.39, 0.29) is 5.41 Å². The second-order valence-electron chi connectivity index (χ2n) is 6.41. The highest BCUT2D eigenvalue weighted by atomic mass is 35.5. The van der Waals surface area contributed by atoms with Gasteiger partial charge in [0.2, 0.25) is 0 Å². The van der Waals surface area contributed by atoms with Crippen molar-refractivity contribution in [3.05, 3.63) is 82.9 Å². The molecule has 0 saturated heterocycles. The van der Waals surface area contributed by atoms with Crippen molar-refractivity contribution in [2.24, 2.45) is 0 Å². The molecular formula is C21H17Cl. The Morgan fingerprint density at radius 1 is 0.682 bits per heavy atom. The van der Waals surface area contributed by atoms with Crippen LogP contribution in [0.4, 0.5) is 0 Å². The number of benzene rings is 3. The molecule has 0 saturated carbocycles. The molecule has 0 fully saturated rings. The number of halogens is 1. The van der Waals surface area contributed by atoms with E-state index < -0.39 is 0 Å². The van der Waals surface area contributed by atoms with E-state index in [0.717, 1.165) is 5.02 Å². The summed E-state index contributed by atoms with van der Waals surface area (Å²) in [5.41, 5.74) is 8.08. The van der Waals surface area contributed by atoms with Crippen molar-refractivity contribution < 1.29 is 0 Å². The minimum Gasteiger partial charge on any atom is -0.0843 e. The van der Waals surface area contributed by atoms with Crippen LogP contribution >= 0.6 is 11.6 Å². The van der Waals surface area contributed by atoms with Gasteiger partial charge in [-0.1, -0.05) is 80.0 Å². The molecule has 1 aliphatic rings. The van der Waals surface area contributed by atoms with Crippen LogP contribution in [0.5, 0.6) is 0 Å². The zero-order valence-electron chi connectivity index (χ0n) is 12.7. The minimum absolute atomic E-state index is 0.0500. The Morgan fingerprint density at radius 3 is 2.09 bits per heavy atom. The van der Waals surface area contributed by atoms with E-state index in [4.69, 9.17) is 11.6 Å². The summed E-state index contributed by atoms with van der Waals surface area (Å²) in [4.78, 5) is 0. The first-order valence-corrected chi connectivity index (χ1v) is 7.96. The first-order valence-electron chi connectivity index (χ1n) is 7.58. The second-order valence-corrected chi connectivity index (χ2v) is 6.84. The third-order valence-electron chi connectivity index (χ3n) is 4.76. The van der Waals surface area contributed by atoms with Crippen molar-refractivity contribution in [2.45, 2.75) is 19.3 Å². The van der Waals surface area contributed by atoms with Crippen molar-refractivity contribution in [1.82, 2.24) is 0 Å². The van der Waals surface area contributed by atoms with Gasteiger partial charge in [0, 0.05) is 10.4 Å². The lowest BCUT2D eigenvalue weighted by molar-refractivity contribution is 0.660. The molecule has 3 aromatic carbocycles. The molecule has 108 valence electrons. The Balaban J connectivity index is 2.04. The maximum absolute atomic E-state index is 6.04. The molecule has 0 atom stereocenters. The average Bonchev–Trinajstić information content (AvgIpc) is 2.77. The third kappa shape index (κ3) is 1.84. The van der Waals surface area contributed by atoms with E-state index >= 15 is 0 Å². The quantitative estimate of drug-likeness (QED) is 0.494. The normalized spacial score (nSPS) is 14.5. The topological polar surface area (TPSA) is 0 Å². The van der Waals surface area contributed by atoms with Gasteiger partial charge in [0.15, 0.2) is 0 Å². The van der Waals surface area contributed by atoms with Crippen LogP contribution in [0.15, 0.2) is 66.7 Å². The Hall–Kier alpha value is -2.05. The molecule has 0 spiro atoms. The summed E-state index contributed by atoms with van der Waals surface area (Å²) < 4.78 is 0. The number of hydrogen-bond donors (Lipinski definition) is 0. The van der Waals surface area contributed by atoms with E-state index in [0.29, 0.717) is 0 Å². The Morgan fingerprint density at radius 2 is 1.32 bits per heavy atom. The van der Waals surface area contributed by atoms with Crippen molar-refractivity contribution in [2.75, 3.05) is 0 Å². The van der Waals surface area contributed by atoms with Gasteiger partial charge >= 0.3 is 0 Å². The molecule has 0 aliphatic heterocycles. The van der Waals surface area contributed by atoms with Crippen LogP contribution in [0.3, 0.4) is 0 Å². The van der Waals surface area contributed by atoms with Crippen LogP contribution in [0.2, 0.25) is 5.02 Å². The lowest BCUT2D eigenvalue weighted by Gasteiger charge is -2.21. The highest BCUT2D eigenvalue weighted by Crippen LogP contribution is 2.51. The van der Waals surface area contributed by atoms with Gasteiger partial charge in [-0.2, -0.15) is 0 Å². The van der Waals surface area contributed by atoms with E-state index in [9.17, 15) is 0 Å². The fourth-order valence-electron chi connectivity index (χ4n) is 3.62. The predicted molar refractivity (Wildman–Crippen MR) is 94.5 cm³/mol. The summed E-state index contributed by atoms with van der Waals surface area (Å²) in [5.74, 6) is 0. The van der Waals surface area contributed by atoms with Gasteiger partial charge < -0.3 is 0 Å². The van der Waals surface area contributed by atoms with Crippen LogP contribution in [-0.4, -0.2) is 0 Å². The Bertz CT molecular complexity index is 857. The van der Waals surface area contributed by atoms with Gasteiger partial charge in [0.05, 0.1) is 0 Å². The smallest absolute Gasteiger partial charge is 0.0406 e. The standard InChI is InChI=1S/C21H17Cl/c1-21(2)18-8-4-3-6-17(18)20-16(7-5-9-19(20)21)14-10-12-15(22)13-11-14/h3-13H,1-2H3. The second kappa shape index (κ2) is 4.72. The largest absolute Gasteiger partial charge is 0.0843 e. The Labute approximate surface area is 136 Å². The van der Waals surface area contributed by atoms with Gasteiger partial charge in [-0.3, -0.25) is 0 Å². The molecule has 0 heterocycles. The van der Waals surface area contributed by atoms with Gasteiger partial charge in [0.1, 0.15) is 0 Å². The number of rotatable bonds is 1. The summed E-state index contributed by atoms with van der Waals surface area (Å²) in [6.07, 6.45) is 0. The average molecular weight is 305 g/mol. The number of fused-ring (bicyclic) bond motifs is 3. The van der Waals surface area contributed by atoms with E-state index in [1.54, 1.807) is 0 Å². The van der Waals surface area contributed by atoms with Crippen molar-refractivity contribution in [3.8, 4) is 22.3 Å². The molecule has 1 aliphatic carbocycles. The van der Waals surface area contributed by atoms with Crippen molar-refractivity contribution >= 4 is 11.6 Å². The lowest BCUT2D eigenvalue weighted by atomic mass is 9.82. The van der Waals surface area contributed by atoms with Crippen molar-refractivity contribution in [3.63, 3.8) is 0 Å². The predicted octanol–water partition coefficient (Wildman–Crippen LogP) is 6.31. The molecule has 3 aromatic rings. The highest BCUT2D eigenvalue weighted by molar-refractivity contribution is 6.30. The van der Waals surface area contributed by atoms with Crippen LogP contribution in [-0.2, 0) is 5.41 Å². The molecular weight excluding hydrogens is 288 g/mol. The maximum Gasteiger partial charge on any atom is 0.0406 e. The zero-order chi connectivity index (χ0) is 15.3. The van der Waals surface area contributed by atoms with Crippen LogP contribution < -0.4 is 0 Å². The zero-order valence-corrected chi connectivity index (χ0v) is 13.5.